The summed E-state index contributed by atoms with van der Waals surface area (Å²) in [5, 5.41) is 3.35. The summed E-state index contributed by atoms with van der Waals surface area (Å²) >= 11 is 0. The van der Waals surface area contributed by atoms with Crippen LogP contribution >= 0.6 is 0 Å². The molecule has 0 spiro atoms. The van der Waals surface area contributed by atoms with E-state index < -0.39 is 0 Å². The molecule has 0 aromatic heterocycles. The molecule has 0 aliphatic rings. The van der Waals surface area contributed by atoms with Crippen LogP contribution in [-0.2, 0) is 4.74 Å². The Morgan fingerprint density at radius 2 is 1.78 bits per heavy atom. The van der Waals surface area contributed by atoms with E-state index in [9.17, 15) is 0 Å². The monoisotopic (exact) mass is 251 g/mol. The lowest BCUT2D eigenvalue weighted by atomic mass is 10.1. The van der Waals surface area contributed by atoms with Crippen LogP contribution in [0.15, 0.2) is 18.2 Å². The molecule has 0 unspecified atom stereocenters. The van der Waals surface area contributed by atoms with Crippen LogP contribution in [0.5, 0.6) is 5.75 Å². The molecule has 0 aliphatic heterocycles. The lowest BCUT2D eigenvalue weighted by Gasteiger charge is -2.12. The second kappa shape index (κ2) is 8.95. The van der Waals surface area contributed by atoms with Crippen molar-refractivity contribution in [1.29, 1.82) is 0 Å². The van der Waals surface area contributed by atoms with Crippen molar-refractivity contribution in [2.24, 2.45) is 0 Å². The van der Waals surface area contributed by atoms with Gasteiger partial charge in [0.2, 0.25) is 0 Å². The maximum absolute atomic E-state index is 5.80. The Morgan fingerprint density at radius 3 is 2.44 bits per heavy atom. The van der Waals surface area contributed by atoms with E-state index in [1.807, 2.05) is 6.92 Å². The maximum Gasteiger partial charge on any atom is 0.125 e. The molecule has 1 rings (SSSR count). The zero-order valence-corrected chi connectivity index (χ0v) is 11.8. The molecule has 3 heteroatoms. The molecule has 0 bridgehead atoms. The van der Waals surface area contributed by atoms with Gasteiger partial charge in [-0.1, -0.05) is 18.2 Å². The summed E-state index contributed by atoms with van der Waals surface area (Å²) in [5.41, 5.74) is 2.40. The van der Waals surface area contributed by atoms with Crippen molar-refractivity contribution in [3.8, 4) is 5.75 Å². The summed E-state index contributed by atoms with van der Waals surface area (Å²) in [6, 6.07) is 6.22. The second-order valence-electron chi connectivity index (χ2n) is 4.37. The molecule has 102 valence electrons. The molecule has 0 radical (unpaired) electrons. The molecule has 0 saturated heterocycles. The Kier molecular flexibility index (Phi) is 7.46. The van der Waals surface area contributed by atoms with E-state index in [0.29, 0.717) is 6.61 Å². The van der Waals surface area contributed by atoms with Crippen LogP contribution in [0.3, 0.4) is 0 Å². The zero-order valence-electron chi connectivity index (χ0n) is 11.8. The highest BCUT2D eigenvalue weighted by atomic mass is 16.5. The number of para-hydroxylation sites is 1. The molecule has 0 atom stereocenters. The van der Waals surface area contributed by atoms with Crippen molar-refractivity contribution in [3.05, 3.63) is 29.3 Å². The van der Waals surface area contributed by atoms with Gasteiger partial charge in [0, 0.05) is 19.8 Å². The van der Waals surface area contributed by atoms with Crippen LogP contribution < -0.4 is 10.1 Å². The van der Waals surface area contributed by atoms with Crippen LogP contribution in [0.4, 0.5) is 0 Å². The standard InChI is InChI=1S/C15H25NO2/c1-4-17-11-6-9-16-10-12-18-15-13(2)7-5-8-14(15)3/h5,7-8,16H,4,6,9-12H2,1-3H3. The molecular formula is C15H25NO2. The van der Waals surface area contributed by atoms with Crippen molar-refractivity contribution in [2.45, 2.75) is 27.2 Å². The topological polar surface area (TPSA) is 30.5 Å². The van der Waals surface area contributed by atoms with Crippen molar-refractivity contribution in [3.63, 3.8) is 0 Å². The van der Waals surface area contributed by atoms with E-state index >= 15 is 0 Å². The van der Waals surface area contributed by atoms with Gasteiger partial charge in [-0.15, -0.1) is 0 Å². The first-order valence-corrected chi connectivity index (χ1v) is 6.73. The first-order chi connectivity index (χ1) is 8.75. The SMILES string of the molecule is CCOCCCNCCOc1c(C)cccc1C. The number of hydrogen-bond donors (Lipinski definition) is 1. The van der Waals surface area contributed by atoms with Crippen molar-refractivity contribution < 1.29 is 9.47 Å². The molecule has 18 heavy (non-hydrogen) atoms. The number of aryl methyl sites for hydroxylation is 2. The third-order valence-electron chi connectivity index (χ3n) is 2.78. The highest BCUT2D eigenvalue weighted by Gasteiger charge is 2.02. The summed E-state index contributed by atoms with van der Waals surface area (Å²) in [6.45, 7) is 10.4. The predicted molar refractivity (Wildman–Crippen MR) is 75.4 cm³/mol. The molecular weight excluding hydrogens is 226 g/mol. The molecule has 1 aromatic carbocycles. The average molecular weight is 251 g/mol. The van der Waals surface area contributed by atoms with E-state index in [-0.39, 0.29) is 0 Å². The molecule has 3 nitrogen and oxygen atoms in total. The minimum atomic E-state index is 0.709. The van der Waals surface area contributed by atoms with Gasteiger partial charge in [-0.05, 0) is 44.9 Å². The number of rotatable bonds is 9. The van der Waals surface area contributed by atoms with Crippen LogP contribution in [0, 0.1) is 13.8 Å². The molecule has 0 fully saturated rings. The lowest BCUT2D eigenvalue weighted by molar-refractivity contribution is 0.144. The molecule has 0 saturated carbocycles. The quantitative estimate of drug-likeness (QED) is 0.685. The lowest BCUT2D eigenvalue weighted by Crippen LogP contribution is -2.23. The van der Waals surface area contributed by atoms with Gasteiger partial charge < -0.3 is 14.8 Å². The van der Waals surface area contributed by atoms with Crippen LogP contribution in [0.1, 0.15) is 24.5 Å². The van der Waals surface area contributed by atoms with Gasteiger partial charge in [0.15, 0.2) is 0 Å². The number of ether oxygens (including phenoxy) is 2. The Hall–Kier alpha value is -1.06. The molecule has 1 N–H and O–H groups in total. The largest absolute Gasteiger partial charge is 0.492 e. The van der Waals surface area contributed by atoms with E-state index in [2.05, 4.69) is 37.4 Å². The first-order valence-electron chi connectivity index (χ1n) is 6.73. The van der Waals surface area contributed by atoms with Gasteiger partial charge in [0.05, 0.1) is 0 Å². The summed E-state index contributed by atoms with van der Waals surface area (Å²) in [7, 11) is 0. The number of nitrogens with one attached hydrogen (secondary N) is 1. The van der Waals surface area contributed by atoms with Gasteiger partial charge in [0.1, 0.15) is 12.4 Å². The van der Waals surface area contributed by atoms with Crippen LogP contribution in [-0.4, -0.2) is 32.9 Å². The van der Waals surface area contributed by atoms with E-state index in [1.54, 1.807) is 0 Å². The Balaban J connectivity index is 2.11. The van der Waals surface area contributed by atoms with E-state index in [4.69, 9.17) is 9.47 Å². The third kappa shape index (κ3) is 5.52. The van der Waals surface area contributed by atoms with Crippen molar-refractivity contribution in [1.82, 2.24) is 5.32 Å². The highest BCUT2D eigenvalue weighted by Crippen LogP contribution is 2.21. The van der Waals surface area contributed by atoms with Gasteiger partial charge in [0.25, 0.3) is 0 Å². The predicted octanol–water partition coefficient (Wildman–Crippen LogP) is 2.70. The Morgan fingerprint density at radius 1 is 1.06 bits per heavy atom. The summed E-state index contributed by atoms with van der Waals surface area (Å²) in [4.78, 5) is 0. The maximum atomic E-state index is 5.80. The number of hydrogen-bond acceptors (Lipinski definition) is 3. The summed E-state index contributed by atoms with van der Waals surface area (Å²) in [5.74, 6) is 1.02. The first kappa shape index (κ1) is 15.0. The van der Waals surface area contributed by atoms with Crippen molar-refractivity contribution >= 4 is 0 Å². The fourth-order valence-electron chi connectivity index (χ4n) is 1.82. The van der Waals surface area contributed by atoms with Crippen molar-refractivity contribution in [2.75, 3.05) is 32.9 Å². The molecule has 0 heterocycles. The van der Waals surface area contributed by atoms with Crippen LogP contribution in [0.2, 0.25) is 0 Å². The minimum Gasteiger partial charge on any atom is -0.492 e. The van der Waals surface area contributed by atoms with E-state index in [1.165, 1.54) is 11.1 Å². The van der Waals surface area contributed by atoms with Gasteiger partial charge in [-0.25, -0.2) is 0 Å². The third-order valence-corrected chi connectivity index (χ3v) is 2.78. The van der Waals surface area contributed by atoms with Gasteiger partial charge in [-0.3, -0.25) is 0 Å². The number of benzene rings is 1. The molecule has 0 aliphatic carbocycles. The van der Waals surface area contributed by atoms with Gasteiger partial charge in [-0.2, -0.15) is 0 Å². The summed E-state index contributed by atoms with van der Waals surface area (Å²) < 4.78 is 11.1. The molecule has 1 aromatic rings. The van der Waals surface area contributed by atoms with E-state index in [0.717, 1.165) is 38.5 Å². The Bertz CT molecular complexity index is 319. The Labute approximate surface area is 110 Å². The smallest absolute Gasteiger partial charge is 0.125 e. The second-order valence-corrected chi connectivity index (χ2v) is 4.37. The highest BCUT2D eigenvalue weighted by molar-refractivity contribution is 5.39. The average Bonchev–Trinajstić information content (AvgIpc) is 2.35. The van der Waals surface area contributed by atoms with Gasteiger partial charge >= 0.3 is 0 Å². The fourth-order valence-corrected chi connectivity index (χ4v) is 1.82. The van der Waals surface area contributed by atoms with Crippen LogP contribution in [0.25, 0.3) is 0 Å². The minimum absolute atomic E-state index is 0.709. The summed E-state index contributed by atoms with van der Waals surface area (Å²) in [6.07, 6.45) is 1.05. The zero-order chi connectivity index (χ0) is 13.2. The fraction of sp³-hybridized carbons (Fsp3) is 0.600. The normalized spacial score (nSPS) is 10.6. The molecule has 0 amide bonds.